The molecule has 4 rings (SSSR count). The molecule has 0 saturated carbocycles. The van der Waals surface area contributed by atoms with Crippen LogP contribution in [0.2, 0.25) is 0 Å². The number of piperazine rings is 1. The van der Waals surface area contributed by atoms with Gasteiger partial charge in [0.15, 0.2) is 0 Å². The molecule has 8 nitrogen and oxygen atoms in total. The first-order chi connectivity index (χ1) is 17.2. The zero-order chi connectivity index (χ0) is 26.2. The SMILES string of the molecule is CC(C)N1CCC(Oc2ccc(N3CCN(C(=O)c4cc(F)cc(F)c4)CC3=O)cc2)CC1.O=CO. The Morgan fingerprint density at radius 2 is 1.61 bits per heavy atom. The Morgan fingerprint density at radius 3 is 2.14 bits per heavy atom. The van der Waals surface area contributed by atoms with Crippen LogP contribution in [0.15, 0.2) is 42.5 Å². The van der Waals surface area contributed by atoms with Gasteiger partial charge in [0.1, 0.15) is 30.0 Å². The second kappa shape index (κ2) is 12.4. The molecule has 2 aromatic carbocycles. The molecule has 0 radical (unpaired) electrons. The summed E-state index contributed by atoms with van der Waals surface area (Å²) in [6.45, 7) is 6.64. The van der Waals surface area contributed by atoms with Gasteiger partial charge in [0.25, 0.3) is 12.4 Å². The highest BCUT2D eigenvalue weighted by Gasteiger charge is 2.29. The lowest BCUT2D eigenvalue weighted by Crippen LogP contribution is -2.52. The van der Waals surface area contributed by atoms with Crippen molar-refractivity contribution in [2.24, 2.45) is 0 Å². The number of amides is 2. The quantitative estimate of drug-likeness (QED) is 0.629. The highest BCUT2D eigenvalue weighted by molar-refractivity contribution is 6.01. The number of piperidine rings is 1. The van der Waals surface area contributed by atoms with Crippen molar-refractivity contribution in [3.05, 3.63) is 59.7 Å². The third kappa shape index (κ3) is 7.00. The molecule has 0 aromatic heterocycles. The van der Waals surface area contributed by atoms with Gasteiger partial charge in [-0.15, -0.1) is 0 Å². The molecule has 1 N–H and O–H groups in total. The predicted molar refractivity (Wildman–Crippen MR) is 130 cm³/mol. The standard InChI is InChI=1S/C25H29F2N3O3.CH2O2/c1-17(2)28-9-7-23(8-10-28)33-22-5-3-21(4-6-22)30-12-11-29(16-24(30)31)25(32)18-13-19(26)15-20(27)14-18;2-1-3/h3-6,13-15,17,23H,7-12,16H2,1-2H3;1H,(H,2,3). The van der Waals surface area contributed by atoms with Gasteiger partial charge in [-0.3, -0.25) is 14.4 Å². The molecule has 2 amide bonds. The van der Waals surface area contributed by atoms with Gasteiger partial charge in [0.2, 0.25) is 5.91 Å². The number of carboxylic acid groups (broad SMARTS) is 1. The monoisotopic (exact) mass is 503 g/mol. The van der Waals surface area contributed by atoms with E-state index in [1.165, 1.54) is 4.90 Å². The van der Waals surface area contributed by atoms with Crippen LogP contribution in [0.25, 0.3) is 0 Å². The number of hydrogen-bond acceptors (Lipinski definition) is 5. The number of benzene rings is 2. The van der Waals surface area contributed by atoms with Crippen molar-refractivity contribution >= 4 is 24.0 Å². The van der Waals surface area contributed by atoms with Crippen LogP contribution in [0.3, 0.4) is 0 Å². The molecule has 0 aliphatic carbocycles. The largest absolute Gasteiger partial charge is 0.490 e. The smallest absolute Gasteiger partial charge is 0.290 e. The number of halogens is 2. The fourth-order valence-corrected chi connectivity index (χ4v) is 4.39. The number of rotatable bonds is 5. The Labute approximate surface area is 209 Å². The van der Waals surface area contributed by atoms with Gasteiger partial charge in [-0.2, -0.15) is 0 Å². The first-order valence-corrected chi connectivity index (χ1v) is 11.9. The van der Waals surface area contributed by atoms with Crippen molar-refractivity contribution in [3.63, 3.8) is 0 Å². The average Bonchev–Trinajstić information content (AvgIpc) is 2.84. The van der Waals surface area contributed by atoms with Crippen LogP contribution in [-0.2, 0) is 9.59 Å². The van der Waals surface area contributed by atoms with E-state index in [-0.39, 0.29) is 37.1 Å². The van der Waals surface area contributed by atoms with Gasteiger partial charge < -0.3 is 24.5 Å². The van der Waals surface area contributed by atoms with Gasteiger partial charge >= 0.3 is 0 Å². The Hall–Kier alpha value is -3.53. The summed E-state index contributed by atoms with van der Waals surface area (Å²) in [6, 6.07) is 10.6. The summed E-state index contributed by atoms with van der Waals surface area (Å²) in [4.78, 5) is 39.0. The minimum atomic E-state index is -0.823. The molecule has 0 spiro atoms. The molecule has 10 heteroatoms. The first-order valence-electron chi connectivity index (χ1n) is 11.9. The van der Waals surface area contributed by atoms with E-state index < -0.39 is 17.5 Å². The lowest BCUT2D eigenvalue weighted by molar-refractivity contribution is -0.123. The molecule has 2 aliphatic rings. The van der Waals surface area contributed by atoms with Crippen molar-refractivity contribution < 1.29 is 33.0 Å². The first kappa shape index (κ1) is 27.1. The molecule has 36 heavy (non-hydrogen) atoms. The molecule has 0 bridgehead atoms. The van der Waals surface area contributed by atoms with E-state index >= 15 is 0 Å². The molecular formula is C26H31F2N3O5. The van der Waals surface area contributed by atoms with Crippen LogP contribution in [0, 0.1) is 11.6 Å². The van der Waals surface area contributed by atoms with Crippen molar-refractivity contribution in [2.45, 2.75) is 38.8 Å². The average molecular weight is 504 g/mol. The van der Waals surface area contributed by atoms with Crippen molar-refractivity contribution in [1.82, 2.24) is 9.80 Å². The number of hydrogen-bond donors (Lipinski definition) is 1. The Morgan fingerprint density at radius 1 is 1.03 bits per heavy atom. The molecular weight excluding hydrogens is 472 g/mol. The lowest BCUT2D eigenvalue weighted by atomic mass is 10.1. The Balaban J connectivity index is 0.00000115. The normalized spacial score (nSPS) is 17.0. The molecule has 0 atom stereocenters. The van der Waals surface area contributed by atoms with E-state index in [0.717, 1.165) is 49.5 Å². The van der Waals surface area contributed by atoms with Crippen LogP contribution >= 0.6 is 0 Å². The summed E-state index contributed by atoms with van der Waals surface area (Å²) in [6.07, 6.45) is 2.17. The molecule has 2 aliphatic heterocycles. The molecule has 2 aromatic rings. The van der Waals surface area contributed by atoms with Gasteiger partial charge in [-0.25, -0.2) is 8.78 Å². The third-order valence-electron chi connectivity index (χ3n) is 6.28. The van der Waals surface area contributed by atoms with Crippen molar-refractivity contribution in [1.29, 1.82) is 0 Å². The lowest BCUT2D eigenvalue weighted by Gasteiger charge is -2.35. The summed E-state index contributed by atoms with van der Waals surface area (Å²) >= 11 is 0. The summed E-state index contributed by atoms with van der Waals surface area (Å²) in [5, 5.41) is 6.89. The predicted octanol–water partition coefficient (Wildman–Crippen LogP) is 3.41. The zero-order valence-corrected chi connectivity index (χ0v) is 20.4. The second-order valence-corrected chi connectivity index (χ2v) is 8.98. The highest BCUT2D eigenvalue weighted by atomic mass is 19.1. The van der Waals surface area contributed by atoms with E-state index in [0.29, 0.717) is 18.7 Å². The van der Waals surface area contributed by atoms with Crippen molar-refractivity contribution in [2.75, 3.05) is 37.6 Å². The summed E-state index contributed by atoms with van der Waals surface area (Å²) in [5.74, 6) is -1.68. The zero-order valence-electron chi connectivity index (χ0n) is 20.4. The summed E-state index contributed by atoms with van der Waals surface area (Å²) in [5.41, 5.74) is 0.625. The minimum absolute atomic E-state index is 0.102. The van der Waals surface area contributed by atoms with E-state index in [9.17, 15) is 18.4 Å². The maximum absolute atomic E-state index is 13.4. The van der Waals surface area contributed by atoms with Gasteiger partial charge in [0.05, 0.1) is 0 Å². The minimum Gasteiger partial charge on any atom is -0.490 e. The van der Waals surface area contributed by atoms with Crippen LogP contribution in [0.5, 0.6) is 5.75 Å². The summed E-state index contributed by atoms with van der Waals surface area (Å²) < 4.78 is 33.0. The third-order valence-corrected chi connectivity index (χ3v) is 6.28. The topological polar surface area (TPSA) is 90.4 Å². The number of carbonyl (C=O) groups is 3. The Bertz CT molecular complexity index is 1040. The fourth-order valence-electron chi connectivity index (χ4n) is 4.39. The van der Waals surface area contributed by atoms with E-state index in [1.54, 1.807) is 4.90 Å². The molecule has 0 unspecified atom stereocenters. The van der Waals surface area contributed by atoms with E-state index in [2.05, 4.69) is 18.7 Å². The number of ether oxygens (including phenoxy) is 1. The van der Waals surface area contributed by atoms with Crippen LogP contribution in [0.1, 0.15) is 37.0 Å². The van der Waals surface area contributed by atoms with Crippen molar-refractivity contribution in [3.8, 4) is 5.75 Å². The molecule has 2 saturated heterocycles. The fraction of sp³-hybridized carbons (Fsp3) is 0.423. The van der Waals surface area contributed by atoms with E-state index in [1.807, 2.05) is 24.3 Å². The maximum Gasteiger partial charge on any atom is 0.290 e. The molecule has 194 valence electrons. The Kier molecular flexibility index (Phi) is 9.35. The maximum atomic E-state index is 13.4. The second-order valence-electron chi connectivity index (χ2n) is 8.98. The summed E-state index contributed by atoms with van der Waals surface area (Å²) in [7, 11) is 0. The number of carbonyl (C=O) groups excluding carboxylic acids is 2. The number of nitrogens with zero attached hydrogens (tertiary/aromatic N) is 3. The van der Waals surface area contributed by atoms with Crippen LogP contribution < -0.4 is 9.64 Å². The van der Waals surface area contributed by atoms with Crippen LogP contribution in [0.4, 0.5) is 14.5 Å². The molecule has 2 heterocycles. The highest BCUT2D eigenvalue weighted by Crippen LogP contribution is 2.25. The van der Waals surface area contributed by atoms with Gasteiger partial charge in [-0.05, 0) is 63.1 Å². The van der Waals surface area contributed by atoms with Crippen LogP contribution in [-0.4, -0.2) is 78.1 Å². The number of likely N-dealkylation sites (tertiary alicyclic amines) is 1. The number of anilines is 1. The van der Waals surface area contributed by atoms with Gasteiger partial charge in [0, 0.05) is 49.5 Å². The van der Waals surface area contributed by atoms with E-state index in [4.69, 9.17) is 14.6 Å². The van der Waals surface area contributed by atoms with Gasteiger partial charge in [-0.1, -0.05) is 0 Å². The molecule has 2 fully saturated rings.